The molecule has 4 aromatic rings. The predicted octanol–water partition coefficient (Wildman–Crippen LogP) is 4.43. The average Bonchev–Trinajstić information content (AvgIpc) is 3.33. The van der Waals surface area contributed by atoms with Gasteiger partial charge in [-0.15, -0.1) is 0 Å². The van der Waals surface area contributed by atoms with Gasteiger partial charge in [0.15, 0.2) is 0 Å². The Kier molecular flexibility index (Phi) is 7.03. The molecule has 7 nitrogen and oxygen atoms in total. The van der Waals surface area contributed by atoms with Gasteiger partial charge in [0, 0.05) is 17.5 Å². The van der Waals surface area contributed by atoms with Gasteiger partial charge in [-0.2, -0.15) is 22.1 Å². The minimum Gasteiger partial charge on any atom is -0.268 e. The molecule has 0 N–H and O–H groups in total. The van der Waals surface area contributed by atoms with Crippen LogP contribution < -0.4 is 11.2 Å². The molecule has 2 heterocycles. The smallest absolute Gasteiger partial charge is 0.268 e. The van der Waals surface area contributed by atoms with Gasteiger partial charge in [-0.05, 0) is 68.1 Å². The van der Waals surface area contributed by atoms with Gasteiger partial charge in [-0.1, -0.05) is 12.1 Å². The molecule has 9 heteroatoms. The van der Waals surface area contributed by atoms with Crippen LogP contribution in [0, 0.1) is 18.3 Å². The molecule has 178 valence electrons. The van der Waals surface area contributed by atoms with E-state index in [2.05, 4.69) is 11.2 Å². The Labute approximate surface area is 206 Å². The van der Waals surface area contributed by atoms with E-state index >= 15 is 0 Å². The highest BCUT2D eigenvalue weighted by Crippen LogP contribution is 2.25. The maximum absolute atomic E-state index is 13.8. The lowest BCUT2D eigenvalue weighted by molar-refractivity contribution is 0.485. The molecular weight excluding hydrogens is 465 g/mol. The highest BCUT2D eigenvalue weighted by atomic mass is 32.2. The molecule has 0 unspecified atom stereocenters. The van der Waals surface area contributed by atoms with E-state index in [0.717, 1.165) is 0 Å². The van der Waals surface area contributed by atoms with Crippen LogP contribution in [0.3, 0.4) is 0 Å². The summed E-state index contributed by atoms with van der Waals surface area (Å²) >= 11 is 1.54. The Morgan fingerprint density at radius 3 is 2.51 bits per heavy atom. The number of hydrogen-bond acceptors (Lipinski definition) is 5. The minimum atomic E-state index is -0.664. The van der Waals surface area contributed by atoms with Crippen molar-refractivity contribution in [2.75, 3.05) is 12.0 Å². The number of hydrogen-bond donors (Lipinski definition) is 0. The average molecular weight is 490 g/mol. The second kappa shape index (κ2) is 10.2. The Bertz CT molecular complexity index is 1530. The number of thioether (sulfide) groups is 1. The summed E-state index contributed by atoms with van der Waals surface area (Å²) in [5.41, 5.74) is 2.48. The van der Waals surface area contributed by atoms with Gasteiger partial charge in [-0.25, -0.2) is 13.9 Å². The van der Waals surface area contributed by atoms with Gasteiger partial charge in [0.2, 0.25) is 0 Å². The molecule has 0 aliphatic carbocycles. The zero-order valence-electron chi connectivity index (χ0n) is 19.6. The Balaban J connectivity index is 2.04. The summed E-state index contributed by atoms with van der Waals surface area (Å²) in [5.74, 6) is 0.567. The lowest BCUT2D eigenvalue weighted by Crippen LogP contribution is -2.43. The lowest BCUT2D eigenvalue weighted by atomic mass is 10.1. The van der Waals surface area contributed by atoms with Gasteiger partial charge < -0.3 is 0 Å². The van der Waals surface area contributed by atoms with Crippen LogP contribution in [-0.2, 0) is 6.67 Å². The van der Waals surface area contributed by atoms with Crippen molar-refractivity contribution in [3.63, 3.8) is 0 Å². The highest BCUT2D eigenvalue weighted by Gasteiger charge is 2.24. The monoisotopic (exact) mass is 489 g/mol. The first-order valence-corrected chi connectivity index (χ1v) is 12.4. The first-order chi connectivity index (χ1) is 16.9. The van der Waals surface area contributed by atoms with E-state index < -0.39 is 17.9 Å². The van der Waals surface area contributed by atoms with Gasteiger partial charge in [0.05, 0.1) is 40.5 Å². The third kappa shape index (κ3) is 4.45. The molecule has 2 aromatic heterocycles. The molecule has 35 heavy (non-hydrogen) atoms. The first-order valence-electron chi connectivity index (χ1n) is 11.0. The van der Waals surface area contributed by atoms with Crippen LogP contribution in [0.5, 0.6) is 0 Å². The van der Waals surface area contributed by atoms with Crippen molar-refractivity contribution >= 4 is 11.8 Å². The van der Waals surface area contributed by atoms with Crippen molar-refractivity contribution in [3.8, 4) is 28.7 Å². The Morgan fingerprint density at radius 1 is 1.11 bits per heavy atom. The van der Waals surface area contributed by atoms with E-state index in [4.69, 9.17) is 5.26 Å². The molecule has 0 saturated heterocycles. The van der Waals surface area contributed by atoms with Crippen LogP contribution in [0.15, 0.2) is 70.4 Å². The van der Waals surface area contributed by atoms with Crippen molar-refractivity contribution in [3.05, 3.63) is 98.5 Å². The molecule has 0 saturated carbocycles. The summed E-state index contributed by atoms with van der Waals surface area (Å²) in [6, 6.07) is 17.0. The van der Waals surface area contributed by atoms with E-state index in [-0.39, 0.29) is 6.04 Å². The molecule has 0 amide bonds. The number of benzene rings is 2. The Hall–Kier alpha value is -3.90. The van der Waals surface area contributed by atoms with Gasteiger partial charge >= 0.3 is 5.69 Å². The normalized spacial score (nSPS) is 11.9. The van der Waals surface area contributed by atoms with Crippen molar-refractivity contribution in [2.45, 2.75) is 26.6 Å². The van der Waals surface area contributed by atoms with E-state index in [0.29, 0.717) is 45.2 Å². The predicted molar refractivity (Wildman–Crippen MR) is 136 cm³/mol. The third-order valence-electron chi connectivity index (χ3n) is 5.84. The van der Waals surface area contributed by atoms with E-state index in [9.17, 15) is 14.0 Å². The highest BCUT2D eigenvalue weighted by molar-refractivity contribution is 7.98. The lowest BCUT2D eigenvalue weighted by Gasteiger charge is -2.21. The molecule has 2 aromatic carbocycles. The molecule has 0 bridgehead atoms. The standard InChI is InChI=1S/C26H24FN5O2S/c1-17(16-35-3)30-25(33)24(18(2)31(26(30)34)22-6-4-5-20(13-22)14-27)23-11-12-29-32(23)21-9-7-19(15-28)8-10-21/h4-13,17H,14,16H2,1-3H3/t17-/m1/s1. The fraction of sp³-hybridized carbons (Fsp3) is 0.231. The summed E-state index contributed by atoms with van der Waals surface area (Å²) in [6.45, 7) is 2.88. The topological polar surface area (TPSA) is 85.6 Å². The van der Waals surface area contributed by atoms with Gasteiger partial charge in [-0.3, -0.25) is 13.9 Å². The summed E-state index contributed by atoms with van der Waals surface area (Å²) in [6.07, 6.45) is 3.50. The SMILES string of the molecule is CSC[C@@H](C)n1c(=O)c(-c2ccnn2-c2ccc(C#N)cc2)c(C)n(-c2cccc(CF)c2)c1=O. The molecule has 0 aliphatic rings. The van der Waals surface area contributed by atoms with Crippen LogP contribution in [-0.4, -0.2) is 30.9 Å². The maximum Gasteiger partial charge on any atom is 0.336 e. The largest absolute Gasteiger partial charge is 0.336 e. The van der Waals surface area contributed by atoms with Crippen molar-refractivity contribution in [1.29, 1.82) is 5.26 Å². The number of rotatable bonds is 7. The zero-order valence-corrected chi connectivity index (χ0v) is 20.4. The zero-order chi connectivity index (χ0) is 25.1. The third-order valence-corrected chi connectivity index (χ3v) is 6.65. The second-order valence-electron chi connectivity index (χ2n) is 8.15. The fourth-order valence-electron chi connectivity index (χ4n) is 4.18. The van der Waals surface area contributed by atoms with Crippen molar-refractivity contribution in [2.24, 2.45) is 0 Å². The van der Waals surface area contributed by atoms with Crippen LogP contribution in [0.1, 0.15) is 29.8 Å². The van der Waals surface area contributed by atoms with Crippen LogP contribution in [0.4, 0.5) is 4.39 Å². The summed E-state index contributed by atoms with van der Waals surface area (Å²) in [5, 5.41) is 13.5. The number of halogens is 1. The van der Waals surface area contributed by atoms with Crippen LogP contribution in [0.25, 0.3) is 22.6 Å². The quantitative estimate of drug-likeness (QED) is 0.384. The summed E-state index contributed by atoms with van der Waals surface area (Å²) < 4.78 is 17.7. The molecule has 4 rings (SSSR count). The van der Waals surface area contributed by atoms with Crippen molar-refractivity contribution < 1.29 is 4.39 Å². The summed E-state index contributed by atoms with van der Waals surface area (Å²) in [4.78, 5) is 27.5. The number of alkyl halides is 1. The number of aromatic nitrogens is 4. The number of nitrogens with zero attached hydrogens (tertiary/aromatic N) is 5. The van der Waals surface area contributed by atoms with E-state index in [1.807, 2.05) is 13.2 Å². The summed E-state index contributed by atoms with van der Waals surface area (Å²) in [7, 11) is 0. The number of nitriles is 1. The molecule has 1 atom stereocenters. The maximum atomic E-state index is 13.8. The molecule has 0 radical (unpaired) electrons. The molecule has 0 aliphatic heterocycles. The first kappa shape index (κ1) is 24.2. The van der Waals surface area contributed by atoms with Gasteiger partial charge in [0.25, 0.3) is 5.56 Å². The molecule has 0 spiro atoms. The van der Waals surface area contributed by atoms with E-state index in [1.165, 1.54) is 20.9 Å². The molecular formula is C26H24FN5O2S. The van der Waals surface area contributed by atoms with Crippen LogP contribution >= 0.6 is 11.8 Å². The van der Waals surface area contributed by atoms with Crippen molar-refractivity contribution in [1.82, 2.24) is 18.9 Å². The van der Waals surface area contributed by atoms with Gasteiger partial charge in [0.1, 0.15) is 6.67 Å². The fourth-order valence-corrected chi connectivity index (χ4v) is 4.81. The molecule has 0 fully saturated rings. The van der Waals surface area contributed by atoms with Crippen LogP contribution in [0.2, 0.25) is 0 Å². The second-order valence-corrected chi connectivity index (χ2v) is 9.06. The minimum absolute atomic E-state index is 0.324. The van der Waals surface area contributed by atoms with E-state index in [1.54, 1.807) is 72.4 Å². The Morgan fingerprint density at radius 2 is 1.86 bits per heavy atom.